The first-order valence-corrected chi connectivity index (χ1v) is 10.2. The van der Waals surface area contributed by atoms with Crippen molar-refractivity contribution >= 4 is 22.9 Å². The van der Waals surface area contributed by atoms with Crippen LogP contribution in [0.5, 0.6) is 0 Å². The molecule has 0 spiro atoms. The molecule has 0 saturated carbocycles. The lowest BCUT2D eigenvalue weighted by molar-refractivity contribution is -0.137. The van der Waals surface area contributed by atoms with Crippen LogP contribution in [0.25, 0.3) is 11.0 Å². The SMILES string of the molecule is O=C(O)Cn1c(CNCCc2nc(C(=O)NCc3ncccc3F)co2)nc2ccccc21. The molecule has 0 bridgehead atoms. The summed E-state index contributed by atoms with van der Waals surface area (Å²) in [5.41, 5.74) is 1.70. The highest BCUT2D eigenvalue weighted by atomic mass is 19.1. The van der Waals surface area contributed by atoms with Gasteiger partial charge in [0.1, 0.15) is 24.4 Å². The Hall–Kier alpha value is -4.12. The van der Waals surface area contributed by atoms with Gasteiger partial charge in [0.15, 0.2) is 11.6 Å². The summed E-state index contributed by atoms with van der Waals surface area (Å²) in [6.45, 7) is 0.577. The van der Waals surface area contributed by atoms with Crippen LogP contribution in [-0.2, 0) is 30.8 Å². The van der Waals surface area contributed by atoms with Crippen LogP contribution in [0.3, 0.4) is 0 Å². The number of carboxylic acid groups (broad SMARTS) is 1. The van der Waals surface area contributed by atoms with Gasteiger partial charge in [0.25, 0.3) is 5.91 Å². The van der Waals surface area contributed by atoms with E-state index in [1.165, 1.54) is 24.6 Å². The summed E-state index contributed by atoms with van der Waals surface area (Å²) in [7, 11) is 0. The number of hydrogen-bond acceptors (Lipinski definition) is 7. The van der Waals surface area contributed by atoms with Crippen molar-refractivity contribution in [1.82, 2.24) is 30.2 Å². The Morgan fingerprint density at radius 1 is 1.12 bits per heavy atom. The second kappa shape index (κ2) is 10.0. The molecule has 3 aromatic heterocycles. The predicted octanol–water partition coefficient (Wildman–Crippen LogP) is 1.91. The number of nitrogens with zero attached hydrogens (tertiary/aromatic N) is 4. The molecular formula is C22H21FN6O4. The standard InChI is InChI=1S/C22H21FN6O4/c23-14-4-3-8-25-16(14)10-26-22(32)17-13-33-20(28-17)7-9-24-11-19-27-15-5-1-2-6-18(15)29(19)12-21(30)31/h1-6,8,13,24H,7,9-12H2,(H,26,32)(H,30,31). The first-order chi connectivity index (χ1) is 16.0. The fourth-order valence-electron chi connectivity index (χ4n) is 3.30. The number of fused-ring (bicyclic) bond motifs is 1. The van der Waals surface area contributed by atoms with Crippen LogP contribution in [0.2, 0.25) is 0 Å². The fraction of sp³-hybridized carbons (Fsp3) is 0.227. The van der Waals surface area contributed by atoms with Crippen molar-refractivity contribution in [3.63, 3.8) is 0 Å². The van der Waals surface area contributed by atoms with Crippen LogP contribution >= 0.6 is 0 Å². The topological polar surface area (TPSA) is 135 Å². The molecule has 0 aliphatic rings. The number of benzene rings is 1. The van der Waals surface area contributed by atoms with Gasteiger partial charge in [-0.15, -0.1) is 0 Å². The van der Waals surface area contributed by atoms with E-state index < -0.39 is 17.7 Å². The molecule has 0 saturated heterocycles. The van der Waals surface area contributed by atoms with Gasteiger partial charge < -0.3 is 24.7 Å². The highest BCUT2D eigenvalue weighted by Crippen LogP contribution is 2.16. The maximum Gasteiger partial charge on any atom is 0.323 e. The van der Waals surface area contributed by atoms with Crippen molar-refractivity contribution in [1.29, 1.82) is 0 Å². The first kappa shape index (κ1) is 22.1. The van der Waals surface area contributed by atoms with Crippen LogP contribution in [0.1, 0.15) is 27.9 Å². The number of para-hydroxylation sites is 2. The second-order valence-corrected chi connectivity index (χ2v) is 7.16. The summed E-state index contributed by atoms with van der Waals surface area (Å²) in [6.07, 6.45) is 3.09. The lowest BCUT2D eigenvalue weighted by Crippen LogP contribution is -2.24. The zero-order chi connectivity index (χ0) is 23.2. The van der Waals surface area contributed by atoms with Crippen LogP contribution in [0.15, 0.2) is 53.3 Å². The molecule has 0 fully saturated rings. The second-order valence-electron chi connectivity index (χ2n) is 7.16. The molecule has 4 rings (SSSR count). The minimum Gasteiger partial charge on any atom is -0.480 e. The average molecular weight is 452 g/mol. The molecule has 0 aliphatic heterocycles. The van der Waals surface area contributed by atoms with Crippen LogP contribution < -0.4 is 10.6 Å². The van der Waals surface area contributed by atoms with Gasteiger partial charge in [-0.2, -0.15) is 0 Å². The lowest BCUT2D eigenvalue weighted by Gasteiger charge is -2.07. The van der Waals surface area contributed by atoms with Crippen LogP contribution in [-0.4, -0.2) is 43.0 Å². The van der Waals surface area contributed by atoms with E-state index in [-0.39, 0.29) is 24.5 Å². The highest BCUT2D eigenvalue weighted by molar-refractivity contribution is 5.91. The van der Waals surface area contributed by atoms with Crippen LogP contribution in [0.4, 0.5) is 4.39 Å². The maximum absolute atomic E-state index is 13.6. The molecule has 0 unspecified atom stereocenters. The van der Waals surface area contributed by atoms with E-state index >= 15 is 0 Å². The van der Waals surface area contributed by atoms with Gasteiger partial charge in [-0.25, -0.2) is 14.4 Å². The Kier molecular flexibility index (Phi) is 6.69. The monoisotopic (exact) mass is 452 g/mol. The molecule has 0 atom stereocenters. The van der Waals surface area contributed by atoms with E-state index in [0.29, 0.717) is 31.2 Å². The van der Waals surface area contributed by atoms with Gasteiger partial charge in [0.05, 0.1) is 29.8 Å². The van der Waals surface area contributed by atoms with E-state index in [2.05, 4.69) is 25.6 Å². The number of pyridine rings is 1. The summed E-state index contributed by atoms with van der Waals surface area (Å²) >= 11 is 0. The third-order valence-corrected chi connectivity index (χ3v) is 4.86. The minimum absolute atomic E-state index is 0.0629. The predicted molar refractivity (Wildman–Crippen MR) is 115 cm³/mol. The first-order valence-electron chi connectivity index (χ1n) is 10.2. The molecule has 3 N–H and O–H groups in total. The average Bonchev–Trinajstić information content (AvgIpc) is 3.41. The Balaban J connectivity index is 1.29. The number of carbonyl (C=O) groups is 2. The minimum atomic E-state index is -0.948. The lowest BCUT2D eigenvalue weighted by atomic mass is 10.3. The van der Waals surface area contributed by atoms with Crippen molar-refractivity contribution in [2.24, 2.45) is 0 Å². The number of halogens is 1. The number of hydrogen-bond donors (Lipinski definition) is 3. The fourth-order valence-corrected chi connectivity index (χ4v) is 3.30. The zero-order valence-corrected chi connectivity index (χ0v) is 17.5. The Morgan fingerprint density at radius 2 is 1.97 bits per heavy atom. The summed E-state index contributed by atoms with van der Waals surface area (Å²) in [4.78, 5) is 36.0. The molecule has 0 aliphatic carbocycles. The number of aliphatic carboxylic acids is 1. The van der Waals surface area contributed by atoms with Gasteiger partial charge in [0.2, 0.25) is 0 Å². The molecule has 33 heavy (non-hydrogen) atoms. The zero-order valence-electron chi connectivity index (χ0n) is 17.5. The van der Waals surface area contributed by atoms with Gasteiger partial charge in [-0.05, 0) is 24.3 Å². The van der Waals surface area contributed by atoms with Gasteiger partial charge in [-0.3, -0.25) is 14.6 Å². The number of amides is 1. The molecule has 170 valence electrons. The van der Waals surface area contributed by atoms with E-state index in [1.54, 1.807) is 4.57 Å². The van der Waals surface area contributed by atoms with Crippen molar-refractivity contribution < 1.29 is 23.5 Å². The number of aromatic nitrogens is 4. The third kappa shape index (κ3) is 5.39. The van der Waals surface area contributed by atoms with Crippen molar-refractivity contribution in [3.8, 4) is 0 Å². The Labute approximate surface area is 187 Å². The quantitative estimate of drug-likeness (QED) is 0.311. The number of oxazole rings is 1. The van der Waals surface area contributed by atoms with Gasteiger partial charge in [0, 0.05) is 19.2 Å². The van der Waals surface area contributed by atoms with Crippen molar-refractivity contribution in [2.45, 2.75) is 26.1 Å². The normalized spacial score (nSPS) is 11.1. The van der Waals surface area contributed by atoms with E-state index in [1.807, 2.05) is 24.3 Å². The number of imidazole rings is 1. The van der Waals surface area contributed by atoms with E-state index in [4.69, 9.17) is 4.42 Å². The van der Waals surface area contributed by atoms with Crippen LogP contribution in [0, 0.1) is 5.82 Å². The Bertz CT molecular complexity index is 1280. The summed E-state index contributed by atoms with van der Waals surface area (Å²) < 4.78 is 20.6. The van der Waals surface area contributed by atoms with Gasteiger partial charge >= 0.3 is 5.97 Å². The molecule has 4 aromatic rings. The molecular weight excluding hydrogens is 431 g/mol. The smallest absolute Gasteiger partial charge is 0.323 e. The molecule has 11 heteroatoms. The molecule has 10 nitrogen and oxygen atoms in total. The summed E-state index contributed by atoms with van der Waals surface area (Å²) in [5.74, 6) is -0.980. The number of rotatable bonds is 10. The van der Waals surface area contributed by atoms with Gasteiger partial charge in [-0.1, -0.05) is 12.1 Å². The largest absolute Gasteiger partial charge is 0.480 e. The molecule has 1 amide bonds. The maximum atomic E-state index is 13.6. The van der Waals surface area contributed by atoms with E-state index in [9.17, 15) is 19.1 Å². The molecule has 3 heterocycles. The summed E-state index contributed by atoms with van der Waals surface area (Å²) in [5, 5.41) is 15.0. The molecule has 0 radical (unpaired) electrons. The van der Waals surface area contributed by atoms with Crippen molar-refractivity contribution in [2.75, 3.05) is 6.54 Å². The number of carboxylic acids is 1. The number of carbonyl (C=O) groups excluding carboxylic acids is 1. The molecule has 1 aromatic carbocycles. The van der Waals surface area contributed by atoms with Crippen molar-refractivity contribution in [3.05, 3.63) is 77.8 Å². The third-order valence-electron chi connectivity index (χ3n) is 4.86. The van der Waals surface area contributed by atoms with E-state index in [0.717, 1.165) is 11.0 Å². The Morgan fingerprint density at radius 3 is 2.79 bits per heavy atom. The highest BCUT2D eigenvalue weighted by Gasteiger charge is 2.15. The number of nitrogens with one attached hydrogen (secondary N) is 2. The summed E-state index contributed by atoms with van der Waals surface area (Å²) in [6, 6.07) is 10.1.